The van der Waals surface area contributed by atoms with Gasteiger partial charge < -0.3 is 10.4 Å². The zero-order valence-corrected chi connectivity index (χ0v) is 13.3. The number of carbonyl (C=O) groups is 3. The van der Waals surface area contributed by atoms with Crippen LogP contribution in [0.2, 0.25) is 0 Å². The van der Waals surface area contributed by atoms with Gasteiger partial charge in [-0.25, -0.2) is 9.18 Å². The van der Waals surface area contributed by atoms with Crippen molar-refractivity contribution in [1.82, 2.24) is 10.2 Å². The van der Waals surface area contributed by atoms with E-state index >= 15 is 0 Å². The maximum Gasteiger partial charge on any atom is 0.405 e. The summed E-state index contributed by atoms with van der Waals surface area (Å²) in [5.74, 6) is -1.59. The molecule has 6 nitrogen and oxygen atoms in total. The maximum atomic E-state index is 14.4. The number of imide groups is 1. The molecule has 0 saturated heterocycles. The molecule has 0 aromatic heterocycles. The smallest absolute Gasteiger partial charge is 0.405 e. The standard InChI is InChI=1S/C18H15FN2O4/c1-10(20-18(24)25)11-7-4-8-15(19)14(11)9-21-16(22)12-5-2-3-6-13(12)17(21)23/h2-8,10,20H,9H2,1H3,(H,24,25)/t10-/m1/s1. The monoisotopic (exact) mass is 342 g/mol. The molecule has 0 saturated carbocycles. The number of hydrogen-bond donors (Lipinski definition) is 2. The largest absolute Gasteiger partial charge is 0.465 e. The molecule has 7 heteroatoms. The number of nitrogens with one attached hydrogen (secondary N) is 1. The van der Waals surface area contributed by atoms with Crippen molar-refractivity contribution >= 4 is 17.9 Å². The molecule has 0 unspecified atom stereocenters. The van der Waals surface area contributed by atoms with Crippen LogP contribution in [0.5, 0.6) is 0 Å². The highest BCUT2D eigenvalue weighted by Gasteiger charge is 2.36. The Labute approximate surface area is 142 Å². The minimum absolute atomic E-state index is 0.109. The normalized spacial score (nSPS) is 14.4. The molecule has 0 fully saturated rings. The molecule has 2 aromatic rings. The van der Waals surface area contributed by atoms with E-state index in [1.165, 1.54) is 12.1 Å². The van der Waals surface area contributed by atoms with Crippen LogP contribution in [0.25, 0.3) is 0 Å². The van der Waals surface area contributed by atoms with Gasteiger partial charge in [0, 0.05) is 5.56 Å². The lowest BCUT2D eigenvalue weighted by Crippen LogP contribution is -2.31. The highest BCUT2D eigenvalue weighted by molar-refractivity contribution is 6.21. The van der Waals surface area contributed by atoms with Gasteiger partial charge >= 0.3 is 6.09 Å². The van der Waals surface area contributed by atoms with Gasteiger partial charge in [0.25, 0.3) is 11.8 Å². The van der Waals surface area contributed by atoms with Gasteiger partial charge in [-0.3, -0.25) is 14.5 Å². The van der Waals surface area contributed by atoms with Gasteiger partial charge in [0.2, 0.25) is 0 Å². The average molecular weight is 342 g/mol. The minimum Gasteiger partial charge on any atom is -0.465 e. The molecule has 0 bridgehead atoms. The van der Waals surface area contributed by atoms with E-state index in [9.17, 15) is 18.8 Å². The van der Waals surface area contributed by atoms with Crippen LogP contribution < -0.4 is 5.32 Å². The topological polar surface area (TPSA) is 86.7 Å². The van der Waals surface area contributed by atoms with Gasteiger partial charge in [-0.1, -0.05) is 24.3 Å². The van der Waals surface area contributed by atoms with E-state index in [1.54, 1.807) is 37.3 Å². The third-order valence-corrected chi connectivity index (χ3v) is 4.16. The first-order chi connectivity index (χ1) is 11.9. The fraction of sp³-hybridized carbons (Fsp3) is 0.167. The Morgan fingerprint density at radius 3 is 2.28 bits per heavy atom. The molecule has 128 valence electrons. The Kier molecular flexibility index (Phi) is 4.22. The van der Waals surface area contributed by atoms with Crippen LogP contribution >= 0.6 is 0 Å². The van der Waals surface area contributed by atoms with Gasteiger partial charge in [0.05, 0.1) is 23.7 Å². The highest BCUT2D eigenvalue weighted by Crippen LogP contribution is 2.28. The van der Waals surface area contributed by atoms with E-state index < -0.39 is 29.8 Å². The number of nitrogens with zero attached hydrogens (tertiary/aromatic N) is 1. The summed E-state index contributed by atoms with van der Waals surface area (Å²) in [7, 11) is 0. The number of carbonyl (C=O) groups excluding carboxylic acids is 2. The lowest BCUT2D eigenvalue weighted by atomic mass is 10.0. The summed E-state index contributed by atoms with van der Waals surface area (Å²) in [6, 6.07) is 9.94. The van der Waals surface area contributed by atoms with Crippen LogP contribution in [-0.4, -0.2) is 27.9 Å². The maximum absolute atomic E-state index is 14.4. The number of benzene rings is 2. The van der Waals surface area contributed by atoms with E-state index in [-0.39, 0.29) is 23.2 Å². The Hall–Kier alpha value is -3.22. The molecule has 1 aliphatic rings. The molecule has 0 aliphatic carbocycles. The number of hydrogen-bond acceptors (Lipinski definition) is 3. The lowest BCUT2D eigenvalue weighted by Gasteiger charge is -2.20. The first kappa shape index (κ1) is 16.6. The number of carboxylic acid groups (broad SMARTS) is 1. The minimum atomic E-state index is -1.25. The van der Waals surface area contributed by atoms with Gasteiger partial charge in [-0.2, -0.15) is 0 Å². The molecule has 3 rings (SSSR count). The van der Waals surface area contributed by atoms with Crippen molar-refractivity contribution in [2.75, 3.05) is 0 Å². The van der Waals surface area contributed by atoms with Crippen LogP contribution in [0.4, 0.5) is 9.18 Å². The first-order valence-electron chi connectivity index (χ1n) is 7.62. The molecule has 25 heavy (non-hydrogen) atoms. The predicted molar refractivity (Wildman–Crippen MR) is 86.6 cm³/mol. The number of fused-ring (bicyclic) bond motifs is 1. The first-order valence-corrected chi connectivity index (χ1v) is 7.62. The van der Waals surface area contributed by atoms with Crippen molar-refractivity contribution < 1.29 is 23.9 Å². The van der Waals surface area contributed by atoms with Crippen molar-refractivity contribution in [3.05, 3.63) is 70.5 Å². The van der Waals surface area contributed by atoms with Crippen LogP contribution in [0.3, 0.4) is 0 Å². The SMILES string of the molecule is C[C@@H](NC(=O)O)c1cccc(F)c1CN1C(=O)c2ccccc2C1=O. The highest BCUT2D eigenvalue weighted by atomic mass is 19.1. The molecule has 1 heterocycles. The van der Waals surface area contributed by atoms with Crippen LogP contribution in [-0.2, 0) is 6.54 Å². The van der Waals surface area contributed by atoms with E-state index in [0.29, 0.717) is 5.56 Å². The van der Waals surface area contributed by atoms with Crippen LogP contribution in [0.15, 0.2) is 42.5 Å². The molecule has 2 aromatic carbocycles. The Morgan fingerprint density at radius 1 is 1.12 bits per heavy atom. The Morgan fingerprint density at radius 2 is 1.72 bits per heavy atom. The second-order valence-electron chi connectivity index (χ2n) is 5.72. The Bertz CT molecular complexity index is 846. The number of amides is 3. The second-order valence-corrected chi connectivity index (χ2v) is 5.72. The summed E-state index contributed by atoms with van der Waals surface area (Å²) in [6.45, 7) is 1.30. The third kappa shape index (κ3) is 2.96. The summed E-state index contributed by atoms with van der Waals surface area (Å²) < 4.78 is 14.4. The van der Waals surface area contributed by atoms with E-state index in [0.717, 1.165) is 4.90 Å². The average Bonchev–Trinajstić information content (AvgIpc) is 2.81. The summed E-state index contributed by atoms with van der Waals surface area (Å²) in [5.41, 5.74) is 1.04. The molecule has 2 N–H and O–H groups in total. The number of halogens is 1. The van der Waals surface area contributed by atoms with Crippen molar-refractivity contribution in [3.63, 3.8) is 0 Å². The summed E-state index contributed by atoms with van der Waals surface area (Å²) in [5, 5.41) is 11.1. The Balaban J connectivity index is 1.95. The zero-order chi connectivity index (χ0) is 18.1. The summed E-state index contributed by atoms with van der Waals surface area (Å²) in [4.78, 5) is 36.7. The summed E-state index contributed by atoms with van der Waals surface area (Å²) >= 11 is 0. The quantitative estimate of drug-likeness (QED) is 0.837. The van der Waals surface area contributed by atoms with Gasteiger partial charge in [0.1, 0.15) is 5.82 Å². The van der Waals surface area contributed by atoms with E-state index in [4.69, 9.17) is 5.11 Å². The molecule has 1 aliphatic heterocycles. The van der Waals surface area contributed by atoms with Crippen molar-refractivity contribution in [2.45, 2.75) is 19.5 Å². The second kappa shape index (κ2) is 6.35. The van der Waals surface area contributed by atoms with Gasteiger partial charge in [0.15, 0.2) is 0 Å². The molecule has 0 radical (unpaired) electrons. The molecule has 1 atom stereocenters. The lowest BCUT2D eigenvalue weighted by molar-refractivity contribution is 0.0640. The fourth-order valence-corrected chi connectivity index (χ4v) is 2.95. The molecule has 0 spiro atoms. The van der Waals surface area contributed by atoms with Gasteiger partial charge in [-0.05, 0) is 30.7 Å². The number of rotatable bonds is 4. The van der Waals surface area contributed by atoms with E-state index in [2.05, 4.69) is 5.32 Å². The zero-order valence-electron chi connectivity index (χ0n) is 13.3. The van der Waals surface area contributed by atoms with Crippen molar-refractivity contribution in [3.8, 4) is 0 Å². The fourth-order valence-electron chi connectivity index (χ4n) is 2.95. The molecular weight excluding hydrogens is 327 g/mol. The molecular formula is C18H15FN2O4. The van der Waals surface area contributed by atoms with Gasteiger partial charge in [-0.15, -0.1) is 0 Å². The van der Waals surface area contributed by atoms with Crippen molar-refractivity contribution in [2.24, 2.45) is 0 Å². The predicted octanol–water partition coefficient (Wildman–Crippen LogP) is 2.95. The van der Waals surface area contributed by atoms with E-state index in [1.807, 2.05) is 0 Å². The molecule has 3 amide bonds. The van der Waals surface area contributed by atoms with Crippen molar-refractivity contribution in [1.29, 1.82) is 0 Å². The summed E-state index contributed by atoms with van der Waals surface area (Å²) in [6.07, 6.45) is -1.25. The third-order valence-electron chi connectivity index (χ3n) is 4.16. The van der Waals surface area contributed by atoms with Crippen LogP contribution in [0.1, 0.15) is 44.8 Å². The van der Waals surface area contributed by atoms with Crippen LogP contribution in [0, 0.1) is 5.82 Å².